The van der Waals surface area contributed by atoms with Gasteiger partial charge in [0.05, 0.1) is 18.1 Å². The molecule has 3 rings (SSSR count). The Morgan fingerprint density at radius 2 is 2.17 bits per heavy atom. The monoisotopic (exact) mass is 313 g/mol. The van der Waals surface area contributed by atoms with Gasteiger partial charge in [-0.25, -0.2) is 4.98 Å². The van der Waals surface area contributed by atoms with Gasteiger partial charge in [-0.05, 0) is 31.5 Å². The zero-order valence-electron chi connectivity index (χ0n) is 13.6. The number of anilines is 1. The van der Waals surface area contributed by atoms with Crippen molar-refractivity contribution in [1.82, 2.24) is 19.3 Å². The molecule has 120 valence electrons. The van der Waals surface area contributed by atoms with Gasteiger partial charge < -0.3 is 9.30 Å². The number of rotatable bonds is 4. The van der Waals surface area contributed by atoms with Crippen molar-refractivity contribution >= 4 is 22.9 Å². The van der Waals surface area contributed by atoms with Crippen molar-refractivity contribution in [1.29, 1.82) is 0 Å². The Bertz CT molecular complexity index is 878. The molecule has 1 aromatic carbocycles. The number of fused-ring (bicyclic) bond motifs is 1. The molecule has 3 aromatic rings. The van der Waals surface area contributed by atoms with E-state index in [1.54, 1.807) is 17.9 Å². The average molecular weight is 313 g/mol. The smallest absolute Gasteiger partial charge is 0.265 e. The van der Waals surface area contributed by atoms with Crippen LogP contribution in [0.2, 0.25) is 0 Å². The van der Waals surface area contributed by atoms with E-state index >= 15 is 0 Å². The van der Waals surface area contributed by atoms with E-state index in [0.717, 1.165) is 16.6 Å². The van der Waals surface area contributed by atoms with Crippen molar-refractivity contribution in [2.75, 3.05) is 12.4 Å². The summed E-state index contributed by atoms with van der Waals surface area (Å²) in [5.74, 6) is 0.515. The molecule has 0 fully saturated rings. The summed E-state index contributed by atoms with van der Waals surface area (Å²) in [7, 11) is 3.23. The highest BCUT2D eigenvalue weighted by atomic mass is 16.5. The van der Waals surface area contributed by atoms with Crippen molar-refractivity contribution in [2.24, 2.45) is 7.05 Å². The number of nitrogens with zero attached hydrogens (tertiary/aromatic N) is 4. The lowest BCUT2D eigenvalue weighted by Crippen LogP contribution is -2.16. The molecular formula is C16H19N5O2. The maximum atomic E-state index is 12.5. The fourth-order valence-corrected chi connectivity index (χ4v) is 2.60. The Kier molecular flexibility index (Phi) is 3.77. The number of nitrogens with one attached hydrogen (secondary N) is 1. The average Bonchev–Trinajstić information content (AvgIpc) is 3.06. The number of aromatic nitrogens is 4. The van der Waals surface area contributed by atoms with Crippen LogP contribution in [-0.4, -0.2) is 32.3 Å². The molecule has 0 aliphatic heterocycles. The van der Waals surface area contributed by atoms with Gasteiger partial charge in [-0.2, -0.15) is 0 Å². The number of benzene rings is 1. The Labute approximate surface area is 133 Å². The summed E-state index contributed by atoms with van der Waals surface area (Å²) in [5, 5.41) is 6.95. The first-order valence-electron chi connectivity index (χ1n) is 7.39. The Hall–Kier alpha value is -2.83. The third-order valence-corrected chi connectivity index (χ3v) is 3.68. The fraction of sp³-hybridized carbons (Fsp3) is 0.312. The maximum absolute atomic E-state index is 12.5. The number of carbonyl (C=O) groups excluding carboxylic acids is 1. The molecule has 23 heavy (non-hydrogen) atoms. The van der Waals surface area contributed by atoms with Gasteiger partial charge in [-0.3, -0.25) is 14.8 Å². The van der Waals surface area contributed by atoms with E-state index in [4.69, 9.17) is 4.74 Å². The molecule has 0 aliphatic carbocycles. The van der Waals surface area contributed by atoms with Crippen LogP contribution in [0.4, 0.5) is 5.95 Å². The first-order valence-corrected chi connectivity index (χ1v) is 7.39. The van der Waals surface area contributed by atoms with Crippen LogP contribution in [0.1, 0.15) is 22.8 Å². The van der Waals surface area contributed by atoms with E-state index in [-0.39, 0.29) is 5.91 Å². The van der Waals surface area contributed by atoms with E-state index in [1.165, 1.54) is 7.11 Å². The second-order valence-corrected chi connectivity index (χ2v) is 5.35. The van der Waals surface area contributed by atoms with Gasteiger partial charge in [0.1, 0.15) is 5.56 Å². The van der Waals surface area contributed by atoms with Crippen LogP contribution in [0, 0.1) is 6.92 Å². The largest absolute Gasteiger partial charge is 0.479 e. The lowest BCUT2D eigenvalue weighted by Gasteiger charge is -2.07. The van der Waals surface area contributed by atoms with Crippen LogP contribution in [0.25, 0.3) is 11.0 Å². The van der Waals surface area contributed by atoms with Crippen molar-refractivity contribution in [3.05, 3.63) is 35.5 Å². The summed E-state index contributed by atoms with van der Waals surface area (Å²) >= 11 is 0. The molecule has 0 atom stereocenters. The molecule has 1 N–H and O–H groups in total. The third-order valence-electron chi connectivity index (χ3n) is 3.68. The molecule has 0 bridgehead atoms. The number of ether oxygens (including phenoxy) is 1. The SMILES string of the molecule is CCn1c(NC(=O)c2cn(C)nc2OC)nc2cc(C)ccc21. The number of carbonyl (C=O) groups is 1. The van der Waals surface area contributed by atoms with Crippen molar-refractivity contribution in [2.45, 2.75) is 20.4 Å². The highest BCUT2D eigenvalue weighted by Gasteiger charge is 2.19. The van der Waals surface area contributed by atoms with Crippen LogP contribution in [0.5, 0.6) is 5.88 Å². The number of aryl methyl sites for hydroxylation is 3. The molecule has 7 heteroatoms. The molecule has 0 saturated carbocycles. The molecule has 0 saturated heterocycles. The van der Waals surface area contributed by atoms with Crippen LogP contribution < -0.4 is 10.1 Å². The first-order chi connectivity index (χ1) is 11.0. The van der Waals surface area contributed by atoms with Gasteiger partial charge in [0.25, 0.3) is 5.91 Å². The van der Waals surface area contributed by atoms with Crippen LogP contribution >= 0.6 is 0 Å². The predicted molar refractivity (Wildman–Crippen MR) is 87.9 cm³/mol. The molecule has 0 spiro atoms. The molecule has 7 nitrogen and oxygen atoms in total. The quantitative estimate of drug-likeness (QED) is 0.802. The Morgan fingerprint density at radius 3 is 2.87 bits per heavy atom. The lowest BCUT2D eigenvalue weighted by molar-refractivity contribution is 0.102. The number of imidazole rings is 1. The summed E-state index contributed by atoms with van der Waals surface area (Å²) in [6, 6.07) is 6.05. The second-order valence-electron chi connectivity index (χ2n) is 5.35. The number of methoxy groups -OCH3 is 1. The normalized spacial score (nSPS) is 11.0. The van der Waals surface area contributed by atoms with Gasteiger partial charge in [0.15, 0.2) is 0 Å². The fourth-order valence-electron chi connectivity index (χ4n) is 2.60. The van der Waals surface area contributed by atoms with Gasteiger partial charge in [-0.15, -0.1) is 5.10 Å². The zero-order valence-corrected chi connectivity index (χ0v) is 13.6. The van der Waals surface area contributed by atoms with E-state index in [9.17, 15) is 4.79 Å². The second kappa shape index (κ2) is 5.75. The van der Waals surface area contributed by atoms with E-state index in [0.29, 0.717) is 23.9 Å². The minimum absolute atomic E-state index is 0.292. The lowest BCUT2D eigenvalue weighted by atomic mass is 10.2. The molecule has 1 amide bonds. The number of amides is 1. The molecular weight excluding hydrogens is 294 g/mol. The molecule has 0 unspecified atom stereocenters. The van der Waals surface area contributed by atoms with Gasteiger partial charge in [0.2, 0.25) is 11.8 Å². The topological polar surface area (TPSA) is 74.0 Å². The third kappa shape index (κ3) is 2.65. The summed E-state index contributed by atoms with van der Waals surface area (Å²) in [6.07, 6.45) is 1.62. The van der Waals surface area contributed by atoms with E-state index in [2.05, 4.69) is 15.4 Å². The van der Waals surface area contributed by atoms with Crippen LogP contribution in [-0.2, 0) is 13.6 Å². The summed E-state index contributed by atoms with van der Waals surface area (Å²) in [4.78, 5) is 17.1. The van der Waals surface area contributed by atoms with Crippen molar-refractivity contribution in [3.63, 3.8) is 0 Å². The Morgan fingerprint density at radius 1 is 1.39 bits per heavy atom. The summed E-state index contributed by atoms with van der Waals surface area (Å²) in [6.45, 7) is 4.74. The predicted octanol–water partition coefficient (Wildman–Crippen LogP) is 2.36. The van der Waals surface area contributed by atoms with E-state index < -0.39 is 0 Å². The zero-order chi connectivity index (χ0) is 16.6. The summed E-state index contributed by atoms with van der Waals surface area (Å²) < 4.78 is 8.65. The van der Waals surface area contributed by atoms with Crippen molar-refractivity contribution in [3.8, 4) is 5.88 Å². The van der Waals surface area contributed by atoms with E-state index in [1.807, 2.05) is 36.6 Å². The molecule has 0 aliphatic rings. The summed E-state index contributed by atoms with van der Waals surface area (Å²) in [5.41, 5.74) is 3.36. The van der Waals surface area contributed by atoms with Crippen LogP contribution in [0.15, 0.2) is 24.4 Å². The minimum Gasteiger partial charge on any atom is -0.479 e. The minimum atomic E-state index is -0.295. The van der Waals surface area contributed by atoms with Gasteiger partial charge in [-0.1, -0.05) is 6.07 Å². The van der Waals surface area contributed by atoms with Gasteiger partial charge >= 0.3 is 0 Å². The maximum Gasteiger partial charge on any atom is 0.265 e. The highest BCUT2D eigenvalue weighted by Crippen LogP contribution is 2.22. The molecule has 2 aromatic heterocycles. The number of hydrogen-bond acceptors (Lipinski definition) is 4. The van der Waals surface area contributed by atoms with Crippen molar-refractivity contribution < 1.29 is 9.53 Å². The standard InChI is InChI=1S/C16H19N5O2/c1-5-21-13-7-6-10(2)8-12(13)17-16(21)18-14(22)11-9-20(3)19-15(11)23-4/h6-9H,5H2,1-4H3,(H,17,18,22). The van der Waals surface area contributed by atoms with Gasteiger partial charge in [0, 0.05) is 19.8 Å². The molecule has 2 heterocycles. The Balaban J connectivity index is 1.99. The first kappa shape index (κ1) is 15.1. The number of hydrogen-bond donors (Lipinski definition) is 1. The highest BCUT2D eigenvalue weighted by molar-refractivity contribution is 6.05. The van der Waals surface area contributed by atoms with Crippen LogP contribution in [0.3, 0.4) is 0 Å². The molecule has 0 radical (unpaired) electrons.